The molecule has 0 aromatic carbocycles. The number of aliphatic hydroxyl groups is 2. The van der Waals surface area contributed by atoms with E-state index in [4.69, 9.17) is 4.74 Å². The number of nitrogens with one attached hydrogen (secondary N) is 1. The summed E-state index contributed by atoms with van der Waals surface area (Å²) in [7, 11) is 0. The molecular formula is C74H143NO5. The molecule has 0 fully saturated rings. The van der Waals surface area contributed by atoms with Crippen LogP contribution in [0.15, 0.2) is 24.3 Å². The van der Waals surface area contributed by atoms with Crippen molar-refractivity contribution in [3.05, 3.63) is 24.3 Å². The molecule has 0 aromatic heterocycles. The molecule has 6 nitrogen and oxygen atoms in total. The molecule has 2 unspecified atom stereocenters. The third-order valence-electron chi connectivity index (χ3n) is 17.2. The Bertz CT molecular complexity index is 1250. The summed E-state index contributed by atoms with van der Waals surface area (Å²) < 4.78 is 5.49. The van der Waals surface area contributed by atoms with Gasteiger partial charge in [-0.15, -0.1) is 0 Å². The van der Waals surface area contributed by atoms with Gasteiger partial charge in [-0.2, -0.15) is 0 Å². The van der Waals surface area contributed by atoms with Crippen molar-refractivity contribution in [1.29, 1.82) is 0 Å². The number of rotatable bonds is 69. The summed E-state index contributed by atoms with van der Waals surface area (Å²) in [6, 6.07) is -0.544. The molecule has 0 aliphatic heterocycles. The second-order valence-corrected chi connectivity index (χ2v) is 25.3. The van der Waals surface area contributed by atoms with Gasteiger partial charge in [-0.05, 0) is 77.0 Å². The fraction of sp³-hybridized carbons (Fsp3) is 0.919. The molecule has 0 aromatic rings. The third kappa shape index (κ3) is 65.5. The first-order valence-corrected chi connectivity index (χ1v) is 36.6. The standard InChI is InChI=1S/C74H143NO5/c1-3-5-7-9-11-13-15-17-19-20-21-22-29-32-35-39-42-46-50-54-58-62-66-72(77)71(70-76)75-73(78)67-63-59-55-51-47-43-40-36-33-30-27-25-23-24-26-28-31-34-37-41-45-49-53-57-61-65-69-80-74(79)68-64-60-56-52-48-44-38-18-16-14-12-10-8-6-4-2/h18,23,25,38,71-72,76-77H,3-17,19-22,24,26-37,39-70H2,1-2H3,(H,75,78)/b25-23-,38-18-. The van der Waals surface area contributed by atoms with E-state index in [9.17, 15) is 19.8 Å². The molecule has 0 radical (unpaired) electrons. The molecule has 0 bridgehead atoms. The van der Waals surface area contributed by atoms with Crippen LogP contribution in [0.3, 0.4) is 0 Å². The topological polar surface area (TPSA) is 95.9 Å². The van der Waals surface area contributed by atoms with E-state index < -0.39 is 12.1 Å². The fourth-order valence-corrected chi connectivity index (χ4v) is 11.6. The summed E-state index contributed by atoms with van der Waals surface area (Å²) in [5, 5.41) is 23.4. The van der Waals surface area contributed by atoms with Crippen LogP contribution in [-0.2, 0) is 14.3 Å². The van der Waals surface area contributed by atoms with Gasteiger partial charge in [0, 0.05) is 12.8 Å². The lowest BCUT2D eigenvalue weighted by molar-refractivity contribution is -0.143. The molecule has 1 amide bonds. The second-order valence-electron chi connectivity index (χ2n) is 25.3. The minimum Gasteiger partial charge on any atom is -0.466 e. The highest BCUT2D eigenvalue weighted by Crippen LogP contribution is 2.19. The van der Waals surface area contributed by atoms with Gasteiger partial charge in [-0.25, -0.2) is 0 Å². The maximum atomic E-state index is 12.6. The monoisotopic (exact) mass is 1130 g/mol. The van der Waals surface area contributed by atoms with E-state index in [2.05, 4.69) is 43.5 Å². The van der Waals surface area contributed by atoms with Crippen LogP contribution >= 0.6 is 0 Å². The van der Waals surface area contributed by atoms with Crippen molar-refractivity contribution < 1.29 is 24.5 Å². The van der Waals surface area contributed by atoms with Gasteiger partial charge in [0.2, 0.25) is 5.91 Å². The van der Waals surface area contributed by atoms with Crippen molar-refractivity contribution >= 4 is 11.9 Å². The van der Waals surface area contributed by atoms with Crippen LogP contribution in [0.1, 0.15) is 412 Å². The summed E-state index contributed by atoms with van der Waals surface area (Å²) in [6.07, 6.45) is 88.0. The number of carbonyl (C=O) groups excluding carboxylic acids is 2. The zero-order valence-corrected chi connectivity index (χ0v) is 54.3. The Labute approximate surface area is 501 Å². The lowest BCUT2D eigenvalue weighted by Crippen LogP contribution is -2.45. The summed E-state index contributed by atoms with van der Waals surface area (Å²) in [4.78, 5) is 24.6. The van der Waals surface area contributed by atoms with Gasteiger partial charge in [0.05, 0.1) is 25.4 Å². The number of hydrogen-bond donors (Lipinski definition) is 3. The van der Waals surface area contributed by atoms with Crippen LogP contribution in [-0.4, -0.2) is 47.4 Å². The Morgan fingerprint density at radius 1 is 0.338 bits per heavy atom. The van der Waals surface area contributed by atoms with Gasteiger partial charge in [0.15, 0.2) is 0 Å². The van der Waals surface area contributed by atoms with E-state index in [0.717, 1.165) is 44.9 Å². The van der Waals surface area contributed by atoms with E-state index in [-0.39, 0.29) is 18.5 Å². The van der Waals surface area contributed by atoms with Crippen molar-refractivity contribution in [3.8, 4) is 0 Å². The fourth-order valence-electron chi connectivity index (χ4n) is 11.6. The third-order valence-corrected chi connectivity index (χ3v) is 17.2. The second kappa shape index (κ2) is 69.8. The number of esters is 1. The van der Waals surface area contributed by atoms with Crippen LogP contribution in [0.2, 0.25) is 0 Å². The van der Waals surface area contributed by atoms with E-state index in [1.54, 1.807) is 0 Å². The molecule has 0 aliphatic rings. The molecule has 6 heteroatoms. The Kier molecular flexibility index (Phi) is 68.4. The summed E-state index contributed by atoms with van der Waals surface area (Å²) in [5.74, 6) is -0.0248. The first-order chi connectivity index (χ1) is 39.5. The molecular weight excluding hydrogens is 983 g/mol. The van der Waals surface area contributed by atoms with Gasteiger partial charge in [-0.1, -0.05) is 346 Å². The summed E-state index contributed by atoms with van der Waals surface area (Å²) in [5.41, 5.74) is 0. The maximum absolute atomic E-state index is 12.6. The number of allylic oxidation sites excluding steroid dienone is 4. The minimum atomic E-state index is -0.667. The highest BCUT2D eigenvalue weighted by atomic mass is 16.5. The van der Waals surface area contributed by atoms with Gasteiger partial charge in [0.25, 0.3) is 0 Å². The van der Waals surface area contributed by atoms with E-state index in [0.29, 0.717) is 25.9 Å². The SMILES string of the molecule is CCCCCCCC/C=C\CCCCCCCC(=O)OCCCCCCCCCCCCCC/C=C\CCCCCCCCCCCCC(=O)NC(CO)C(O)CCCCCCCCCCCCCCCCCCCCCCCC. The lowest BCUT2D eigenvalue weighted by Gasteiger charge is -2.22. The molecule has 3 N–H and O–H groups in total. The maximum Gasteiger partial charge on any atom is 0.305 e. The number of carbonyl (C=O) groups is 2. The Hall–Kier alpha value is -1.66. The van der Waals surface area contributed by atoms with Crippen molar-refractivity contribution in [1.82, 2.24) is 5.32 Å². The highest BCUT2D eigenvalue weighted by Gasteiger charge is 2.20. The number of hydrogen-bond acceptors (Lipinski definition) is 5. The van der Waals surface area contributed by atoms with Gasteiger partial charge >= 0.3 is 5.97 Å². The number of amides is 1. The molecule has 474 valence electrons. The Balaban J connectivity index is 3.39. The van der Waals surface area contributed by atoms with Gasteiger partial charge in [-0.3, -0.25) is 9.59 Å². The zero-order valence-electron chi connectivity index (χ0n) is 54.3. The highest BCUT2D eigenvalue weighted by molar-refractivity contribution is 5.76. The van der Waals surface area contributed by atoms with Crippen LogP contribution < -0.4 is 5.32 Å². The van der Waals surface area contributed by atoms with E-state index >= 15 is 0 Å². The van der Waals surface area contributed by atoms with Crippen LogP contribution in [0.4, 0.5) is 0 Å². The number of ether oxygens (including phenoxy) is 1. The lowest BCUT2D eigenvalue weighted by atomic mass is 10.0. The molecule has 0 rings (SSSR count). The van der Waals surface area contributed by atoms with Crippen molar-refractivity contribution in [2.24, 2.45) is 0 Å². The smallest absolute Gasteiger partial charge is 0.305 e. The van der Waals surface area contributed by atoms with Crippen LogP contribution in [0, 0.1) is 0 Å². The average Bonchev–Trinajstić information content (AvgIpc) is 3.46. The van der Waals surface area contributed by atoms with Gasteiger partial charge in [0.1, 0.15) is 0 Å². The van der Waals surface area contributed by atoms with Gasteiger partial charge < -0.3 is 20.3 Å². The average molecular weight is 1130 g/mol. The molecule has 0 saturated carbocycles. The molecule has 0 heterocycles. The minimum absolute atomic E-state index is 0.00733. The number of unbranched alkanes of at least 4 members (excludes halogenated alkanes) is 54. The number of aliphatic hydroxyl groups excluding tert-OH is 2. The zero-order chi connectivity index (χ0) is 57.8. The molecule has 0 spiro atoms. The Morgan fingerprint density at radius 2 is 0.588 bits per heavy atom. The molecule has 2 atom stereocenters. The first-order valence-electron chi connectivity index (χ1n) is 36.6. The van der Waals surface area contributed by atoms with E-state index in [1.165, 1.54) is 334 Å². The predicted molar refractivity (Wildman–Crippen MR) is 352 cm³/mol. The quantitative estimate of drug-likeness (QED) is 0.0320. The van der Waals surface area contributed by atoms with Crippen molar-refractivity contribution in [3.63, 3.8) is 0 Å². The van der Waals surface area contributed by atoms with E-state index in [1.807, 2.05) is 0 Å². The molecule has 0 saturated heterocycles. The Morgan fingerprint density at radius 3 is 0.887 bits per heavy atom. The van der Waals surface area contributed by atoms with Crippen molar-refractivity contribution in [2.45, 2.75) is 424 Å². The normalized spacial score (nSPS) is 12.6. The van der Waals surface area contributed by atoms with Crippen molar-refractivity contribution in [2.75, 3.05) is 13.2 Å². The predicted octanol–water partition coefficient (Wildman–Crippen LogP) is 23.7. The summed E-state index contributed by atoms with van der Waals surface area (Å²) >= 11 is 0. The summed E-state index contributed by atoms with van der Waals surface area (Å²) in [6.45, 7) is 4.98. The molecule has 80 heavy (non-hydrogen) atoms. The van der Waals surface area contributed by atoms with Crippen LogP contribution in [0.25, 0.3) is 0 Å². The largest absolute Gasteiger partial charge is 0.466 e. The van der Waals surface area contributed by atoms with Crippen LogP contribution in [0.5, 0.6) is 0 Å². The molecule has 0 aliphatic carbocycles. The first kappa shape index (κ1) is 78.3.